The minimum absolute atomic E-state index is 0.00331. The van der Waals surface area contributed by atoms with E-state index >= 15 is 0 Å². The maximum absolute atomic E-state index is 12.7. The van der Waals surface area contributed by atoms with Crippen LogP contribution in [-0.2, 0) is 28.6 Å². The molecule has 0 N–H and O–H groups in total. The van der Waals surface area contributed by atoms with Crippen molar-refractivity contribution in [3.8, 4) is 0 Å². The molecule has 0 aliphatic heterocycles. The molecule has 0 bridgehead atoms. The summed E-state index contributed by atoms with van der Waals surface area (Å²) in [5.41, 5.74) is 0. The summed E-state index contributed by atoms with van der Waals surface area (Å²) in [7, 11) is 4.07. The van der Waals surface area contributed by atoms with E-state index in [9.17, 15) is 14.4 Å². The molecule has 0 aliphatic rings. The van der Waals surface area contributed by atoms with Crippen LogP contribution in [0, 0.1) is 11.8 Å². The largest absolute Gasteiger partial charge is 0.466 e. The van der Waals surface area contributed by atoms with Crippen LogP contribution in [0.1, 0.15) is 259 Å². The Balaban J connectivity index is 4.28. The van der Waals surface area contributed by atoms with Crippen LogP contribution in [0.5, 0.6) is 0 Å². The number of unbranched alkanes of at least 4 members (excludes halogenated alkanes) is 18. The van der Waals surface area contributed by atoms with E-state index in [1.54, 1.807) is 0 Å². The summed E-state index contributed by atoms with van der Waals surface area (Å²) in [4.78, 5) is 39.5. The van der Waals surface area contributed by atoms with Crippen LogP contribution in [0.2, 0.25) is 0 Å². The van der Waals surface area contributed by atoms with Gasteiger partial charge in [-0.15, -0.1) is 0 Å². The van der Waals surface area contributed by atoms with E-state index < -0.39 is 0 Å². The molecule has 0 heterocycles. The molecule has 58 heavy (non-hydrogen) atoms. The molecular formula is C51H99NO6. The van der Waals surface area contributed by atoms with E-state index in [0.29, 0.717) is 44.3 Å². The van der Waals surface area contributed by atoms with Gasteiger partial charge in [-0.05, 0) is 90.3 Å². The fraction of sp³-hybridized carbons (Fsp3) is 0.941. The van der Waals surface area contributed by atoms with Crippen molar-refractivity contribution in [2.75, 3.05) is 33.9 Å². The Labute approximate surface area is 361 Å². The molecule has 344 valence electrons. The molecule has 0 radical (unpaired) electrons. The zero-order valence-electron chi connectivity index (χ0n) is 39.7. The van der Waals surface area contributed by atoms with Gasteiger partial charge in [-0.25, -0.2) is 0 Å². The highest BCUT2D eigenvalue weighted by Gasteiger charge is 2.15. The monoisotopic (exact) mass is 822 g/mol. The summed E-state index contributed by atoms with van der Waals surface area (Å²) in [5.74, 6) is 1.28. The smallest absolute Gasteiger partial charge is 0.306 e. The van der Waals surface area contributed by atoms with Gasteiger partial charge >= 0.3 is 17.9 Å². The highest BCUT2D eigenvalue weighted by atomic mass is 16.5. The van der Waals surface area contributed by atoms with Gasteiger partial charge in [-0.1, -0.05) is 182 Å². The lowest BCUT2D eigenvalue weighted by molar-refractivity contribution is -0.150. The first kappa shape index (κ1) is 56.4. The van der Waals surface area contributed by atoms with Gasteiger partial charge in [0.1, 0.15) is 6.10 Å². The van der Waals surface area contributed by atoms with Gasteiger partial charge in [-0.2, -0.15) is 0 Å². The van der Waals surface area contributed by atoms with E-state index in [1.165, 1.54) is 116 Å². The van der Waals surface area contributed by atoms with Crippen LogP contribution in [-0.4, -0.2) is 62.8 Å². The van der Waals surface area contributed by atoms with Crippen LogP contribution in [0.4, 0.5) is 0 Å². The molecule has 0 rings (SSSR count). The van der Waals surface area contributed by atoms with Crippen molar-refractivity contribution in [2.24, 2.45) is 11.8 Å². The van der Waals surface area contributed by atoms with Gasteiger partial charge in [-0.3, -0.25) is 14.4 Å². The summed E-state index contributed by atoms with van der Waals surface area (Å²) in [6.45, 7) is 11.1. The third kappa shape index (κ3) is 39.8. The summed E-state index contributed by atoms with van der Waals surface area (Å²) in [6, 6.07) is 0. The van der Waals surface area contributed by atoms with E-state index in [2.05, 4.69) is 32.6 Å². The van der Waals surface area contributed by atoms with Crippen molar-refractivity contribution in [1.29, 1.82) is 0 Å². The Morgan fingerprint density at radius 2 is 0.707 bits per heavy atom. The molecule has 0 amide bonds. The number of rotatable bonds is 45. The lowest BCUT2D eigenvalue weighted by Crippen LogP contribution is -2.20. The number of esters is 3. The number of ether oxygens (including phenoxy) is 3. The summed E-state index contributed by atoms with van der Waals surface area (Å²) in [5, 5.41) is 0. The molecule has 0 aromatic rings. The molecule has 7 nitrogen and oxygen atoms in total. The first-order valence-corrected chi connectivity index (χ1v) is 25.4. The van der Waals surface area contributed by atoms with Crippen molar-refractivity contribution in [1.82, 2.24) is 4.90 Å². The van der Waals surface area contributed by atoms with Crippen LogP contribution < -0.4 is 0 Å². The Kier molecular flexibility index (Phi) is 42.2. The molecular weight excluding hydrogens is 723 g/mol. The highest BCUT2D eigenvalue weighted by Crippen LogP contribution is 2.23. The van der Waals surface area contributed by atoms with E-state index in [4.69, 9.17) is 14.2 Å². The number of nitrogens with zero attached hydrogens (tertiary/aromatic N) is 1. The third-order valence-electron chi connectivity index (χ3n) is 12.0. The maximum atomic E-state index is 12.7. The van der Waals surface area contributed by atoms with Crippen molar-refractivity contribution in [3.05, 3.63) is 0 Å². The molecule has 0 aromatic carbocycles. The molecule has 1 unspecified atom stereocenters. The average molecular weight is 822 g/mol. The van der Waals surface area contributed by atoms with E-state index in [-0.39, 0.29) is 24.0 Å². The van der Waals surface area contributed by atoms with Gasteiger partial charge in [0, 0.05) is 19.3 Å². The molecule has 0 saturated heterocycles. The van der Waals surface area contributed by atoms with Crippen molar-refractivity contribution < 1.29 is 28.6 Å². The molecule has 1 atom stereocenters. The number of carbonyl (C=O) groups excluding carboxylic acids is 3. The van der Waals surface area contributed by atoms with E-state index in [1.807, 2.05) is 14.1 Å². The fourth-order valence-electron chi connectivity index (χ4n) is 8.16. The van der Waals surface area contributed by atoms with Crippen molar-refractivity contribution >= 4 is 17.9 Å². The zero-order chi connectivity index (χ0) is 42.7. The summed E-state index contributed by atoms with van der Waals surface area (Å²) < 4.78 is 17.3. The topological polar surface area (TPSA) is 82.1 Å². The second-order valence-electron chi connectivity index (χ2n) is 18.1. The minimum atomic E-state index is -0.0594. The molecule has 0 aromatic heterocycles. The zero-order valence-corrected chi connectivity index (χ0v) is 39.7. The molecule has 0 spiro atoms. The van der Waals surface area contributed by atoms with E-state index in [0.717, 1.165) is 103 Å². The SMILES string of the molecule is CCCCCC(CCCCC)CCOC(=O)CCCCCCCCCC(CCCCCCCC(=O)OCCC(CCCCC)CCCCC)OC(=O)CCCN(C)C. The van der Waals surface area contributed by atoms with Crippen LogP contribution >= 0.6 is 0 Å². The number of hydrogen-bond acceptors (Lipinski definition) is 7. The second-order valence-corrected chi connectivity index (χ2v) is 18.1. The molecule has 0 fully saturated rings. The van der Waals surface area contributed by atoms with Gasteiger partial charge in [0.15, 0.2) is 0 Å². The molecule has 0 aliphatic carbocycles. The van der Waals surface area contributed by atoms with Gasteiger partial charge in [0.2, 0.25) is 0 Å². The average Bonchev–Trinajstić information content (AvgIpc) is 3.19. The third-order valence-corrected chi connectivity index (χ3v) is 12.0. The van der Waals surface area contributed by atoms with Crippen LogP contribution in [0.3, 0.4) is 0 Å². The molecule has 0 saturated carbocycles. The Hall–Kier alpha value is -1.63. The normalized spacial score (nSPS) is 12.2. The maximum Gasteiger partial charge on any atom is 0.306 e. The Morgan fingerprint density at radius 1 is 0.379 bits per heavy atom. The molecule has 7 heteroatoms. The first-order chi connectivity index (χ1) is 28.2. The fourth-order valence-corrected chi connectivity index (χ4v) is 8.16. The predicted molar refractivity (Wildman–Crippen MR) is 246 cm³/mol. The standard InChI is InChI=1S/C51H99NO6/c1-7-11-23-32-46(33-24-12-8-2)41-44-56-49(53)38-29-21-17-15-16-19-27-36-48(58-51(55)40-31-43-52(5)6)37-28-20-18-22-30-39-50(54)57-45-42-47(34-25-13-9-3)35-26-14-10-4/h46-48H,7-45H2,1-6H3. The van der Waals surface area contributed by atoms with Gasteiger partial charge < -0.3 is 19.1 Å². The van der Waals surface area contributed by atoms with Gasteiger partial charge in [0.25, 0.3) is 0 Å². The van der Waals surface area contributed by atoms with Gasteiger partial charge in [0.05, 0.1) is 13.2 Å². The lowest BCUT2D eigenvalue weighted by Gasteiger charge is -2.18. The summed E-state index contributed by atoms with van der Waals surface area (Å²) >= 11 is 0. The van der Waals surface area contributed by atoms with Crippen molar-refractivity contribution in [2.45, 2.75) is 265 Å². The summed E-state index contributed by atoms with van der Waals surface area (Å²) in [6.07, 6.45) is 39.8. The Bertz CT molecular complexity index is 889. The second kappa shape index (κ2) is 43.5. The quantitative estimate of drug-likeness (QED) is 0.0344. The van der Waals surface area contributed by atoms with Crippen LogP contribution in [0.15, 0.2) is 0 Å². The first-order valence-electron chi connectivity index (χ1n) is 25.4. The minimum Gasteiger partial charge on any atom is -0.466 e. The number of hydrogen-bond donors (Lipinski definition) is 0. The van der Waals surface area contributed by atoms with Crippen molar-refractivity contribution in [3.63, 3.8) is 0 Å². The lowest BCUT2D eigenvalue weighted by atomic mass is 9.92. The highest BCUT2D eigenvalue weighted by molar-refractivity contribution is 5.70. The number of carbonyl (C=O) groups is 3. The predicted octanol–water partition coefficient (Wildman–Crippen LogP) is 14.9. The Morgan fingerprint density at radius 3 is 1.07 bits per heavy atom. The van der Waals surface area contributed by atoms with Crippen LogP contribution in [0.25, 0.3) is 0 Å².